The highest BCUT2D eigenvalue weighted by Crippen LogP contribution is 2.31. The second-order valence-electron chi connectivity index (χ2n) is 7.42. The molecule has 30 heavy (non-hydrogen) atoms. The van der Waals surface area contributed by atoms with Crippen molar-refractivity contribution in [2.24, 2.45) is 0 Å². The van der Waals surface area contributed by atoms with Crippen LogP contribution in [0.25, 0.3) is 11.1 Å². The summed E-state index contributed by atoms with van der Waals surface area (Å²) >= 11 is 6.21. The van der Waals surface area contributed by atoms with Gasteiger partial charge in [-0.15, -0.1) is 0 Å². The monoisotopic (exact) mass is 440 g/mol. The predicted molar refractivity (Wildman–Crippen MR) is 118 cm³/mol. The summed E-state index contributed by atoms with van der Waals surface area (Å²) in [6.45, 7) is 5.07. The molecule has 1 aliphatic rings. The number of aryl methyl sites for hydroxylation is 1. The van der Waals surface area contributed by atoms with E-state index in [-0.39, 0.29) is 5.75 Å². The molecular weight excluding hydrogens is 420 g/mol. The molecule has 3 aromatic rings. The maximum absolute atomic E-state index is 12.1. The van der Waals surface area contributed by atoms with Crippen molar-refractivity contribution in [3.63, 3.8) is 0 Å². The van der Waals surface area contributed by atoms with E-state index in [1.807, 2.05) is 48.9 Å². The molecule has 1 aromatic heterocycles. The molecule has 8 heteroatoms. The van der Waals surface area contributed by atoms with Gasteiger partial charge in [0.1, 0.15) is 6.07 Å². The van der Waals surface area contributed by atoms with Gasteiger partial charge in [0.15, 0.2) is 0 Å². The Bertz CT molecular complexity index is 1260. The summed E-state index contributed by atoms with van der Waals surface area (Å²) in [4.78, 5) is 0. The number of anilines is 1. The first-order valence-electron chi connectivity index (χ1n) is 9.63. The molecule has 0 spiro atoms. The van der Waals surface area contributed by atoms with E-state index >= 15 is 0 Å². The lowest BCUT2D eigenvalue weighted by molar-refractivity contribution is 0.599. The molecule has 1 fully saturated rings. The van der Waals surface area contributed by atoms with Gasteiger partial charge in [0.2, 0.25) is 10.0 Å². The molecule has 0 bridgehead atoms. The Morgan fingerprint density at radius 1 is 1.17 bits per heavy atom. The first kappa shape index (κ1) is 20.5. The van der Waals surface area contributed by atoms with Crippen LogP contribution in [0.3, 0.4) is 0 Å². The number of hydrogen-bond acceptors (Lipinski definition) is 4. The van der Waals surface area contributed by atoms with Crippen LogP contribution in [0.4, 0.5) is 5.69 Å². The van der Waals surface area contributed by atoms with Gasteiger partial charge in [0.25, 0.3) is 0 Å². The van der Waals surface area contributed by atoms with E-state index in [0.29, 0.717) is 35.8 Å². The van der Waals surface area contributed by atoms with Gasteiger partial charge in [-0.25, -0.2) is 8.42 Å². The summed E-state index contributed by atoms with van der Waals surface area (Å²) in [7, 11) is -3.18. The van der Waals surface area contributed by atoms with Crippen molar-refractivity contribution >= 4 is 27.3 Å². The van der Waals surface area contributed by atoms with Crippen LogP contribution in [-0.4, -0.2) is 30.5 Å². The summed E-state index contributed by atoms with van der Waals surface area (Å²) in [5.41, 5.74) is 6.00. The van der Waals surface area contributed by atoms with Crippen molar-refractivity contribution in [1.82, 2.24) is 9.78 Å². The van der Waals surface area contributed by atoms with E-state index in [1.165, 1.54) is 4.31 Å². The van der Waals surface area contributed by atoms with Gasteiger partial charge in [-0.05, 0) is 55.7 Å². The summed E-state index contributed by atoms with van der Waals surface area (Å²) in [5, 5.41) is 14.2. The third-order valence-corrected chi connectivity index (χ3v) is 7.60. The van der Waals surface area contributed by atoms with Crippen LogP contribution < -0.4 is 4.31 Å². The molecule has 1 saturated heterocycles. The minimum Gasteiger partial charge on any atom is -0.270 e. The SMILES string of the molecule is Cc1nn(Cc2ccc(N3CCCS3(=O)=O)cc2)c(C)c1-c1ccc(C#N)c(Cl)c1. The molecule has 0 N–H and O–H groups in total. The van der Waals surface area contributed by atoms with Crippen LogP contribution >= 0.6 is 11.6 Å². The first-order chi connectivity index (χ1) is 14.3. The Labute approximate surface area is 181 Å². The maximum atomic E-state index is 12.1. The standard InChI is InChI=1S/C22H21ClN4O2S/c1-15-22(18-6-7-19(13-24)21(23)12-18)16(2)26(25-15)14-17-4-8-20(9-5-17)27-10-3-11-30(27,28)29/h4-9,12H,3,10-11,14H2,1-2H3. The second-order valence-corrected chi connectivity index (χ2v) is 9.84. The molecule has 1 aliphatic heterocycles. The normalized spacial score (nSPS) is 15.3. The maximum Gasteiger partial charge on any atom is 0.235 e. The van der Waals surface area contributed by atoms with E-state index in [4.69, 9.17) is 16.9 Å². The highest BCUT2D eigenvalue weighted by molar-refractivity contribution is 7.93. The molecule has 0 atom stereocenters. The van der Waals surface area contributed by atoms with E-state index in [0.717, 1.165) is 28.1 Å². The highest BCUT2D eigenvalue weighted by atomic mass is 35.5. The number of aromatic nitrogens is 2. The predicted octanol–water partition coefficient (Wildman–Crippen LogP) is 4.28. The Morgan fingerprint density at radius 3 is 2.50 bits per heavy atom. The molecule has 0 radical (unpaired) electrons. The molecule has 0 unspecified atom stereocenters. The van der Waals surface area contributed by atoms with E-state index in [9.17, 15) is 8.42 Å². The van der Waals surface area contributed by atoms with Crippen molar-refractivity contribution in [3.05, 3.63) is 70.0 Å². The van der Waals surface area contributed by atoms with Gasteiger partial charge >= 0.3 is 0 Å². The number of rotatable bonds is 4. The highest BCUT2D eigenvalue weighted by Gasteiger charge is 2.28. The summed E-state index contributed by atoms with van der Waals surface area (Å²) in [5.74, 6) is 0.211. The van der Waals surface area contributed by atoms with Crippen LogP contribution in [0.1, 0.15) is 28.9 Å². The lowest BCUT2D eigenvalue weighted by atomic mass is 10.0. The first-order valence-corrected chi connectivity index (χ1v) is 11.6. The van der Waals surface area contributed by atoms with Gasteiger partial charge in [0, 0.05) is 17.8 Å². The van der Waals surface area contributed by atoms with Gasteiger partial charge in [-0.1, -0.05) is 29.8 Å². The fourth-order valence-corrected chi connectivity index (χ4v) is 5.69. The van der Waals surface area contributed by atoms with Crippen molar-refractivity contribution < 1.29 is 8.42 Å². The fourth-order valence-electron chi connectivity index (χ4n) is 3.90. The van der Waals surface area contributed by atoms with Crippen LogP contribution in [0.5, 0.6) is 0 Å². The Morgan fingerprint density at radius 2 is 1.90 bits per heavy atom. The Hall–Kier alpha value is -2.82. The van der Waals surface area contributed by atoms with E-state index < -0.39 is 10.0 Å². The molecule has 0 saturated carbocycles. The molecule has 4 rings (SSSR count). The topological polar surface area (TPSA) is 79.0 Å². The zero-order valence-corrected chi connectivity index (χ0v) is 18.3. The number of nitriles is 1. The molecular formula is C22H21ClN4O2S. The van der Waals surface area contributed by atoms with Gasteiger partial charge < -0.3 is 0 Å². The molecule has 2 aromatic carbocycles. The summed E-state index contributed by atoms with van der Waals surface area (Å²) in [6, 6.07) is 15.1. The molecule has 154 valence electrons. The Kier molecular flexibility index (Phi) is 5.31. The number of benzene rings is 2. The van der Waals surface area contributed by atoms with Crippen LogP contribution in [0.15, 0.2) is 42.5 Å². The molecule has 6 nitrogen and oxygen atoms in total. The Balaban J connectivity index is 1.60. The molecule has 0 amide bonds. The zero-order valence-electron chi connectivity index (χ0n) is 16.8. The summed E-state index contributed by atoms with van der Waals surface area (Å²) in [6.07, 6.45) is 0.665. The van der Waals surface area contributed by atoms with Crippen molar-refractivity contribution in [1.29, 1.82) is 5.26 Å². The second kappa shape index (κ2) is 7.78. The lowest BCUT2D eigenvalue weighted by Gasteiger charge is -2.17. The zero-order chi connectivity index (χ0) is 21.5. The van der Waals surface area contributed by atoms with E-state index in [2.05, 4.69) is 11.2 Å². The van der Waals surface area contributed by atoms with Crippen molar-refractivity contribution in [3.8, 4) is 17.2 Å². The minimum atomic E-state index is -3.18. The fraction of sp³-hybridized carbons (Fsp3) is 0.273. The number of halogens is 1. The van der Waals surface area contributed by atoms with Gasteiger partial charge in [-0.3, -0.25) is 8.99 Å². The van der Waals surface area contributed by atoms with Crippen molar-refractivity contribution in [2.45, 2.75) is 26.8 Å². The number of hydrogen-bond donors (Lipinski definition) is 0. The summed E-state index contributed by atoms with van der Waals surface area (Å²) < 4.78 is 27.6. The van der Waals surface area contributed by atoms with Gasteiger partial charge in [0.05, 0.1) is 34.3 Å². The largest absolute Gasteiger partial charge is 0.270 e. The quantitative estimate of drug-likeness (QED) is 0.606. The third-order valence-electron chi connectivity index (χ3n) is 5.42. The lowest BCUT2D eigenvalue weighted by Crippen LogP contribution is -2.24. The minimum absolute atomic E-state index is 0.211. The molecule has 2 heterocycles. The number of nitrogens with zero attached hydrogens (tertiary/aromatic N) is 4. The molecule has 0 aliphatic carbocycles. The van der Waals surface area contributed by atoms with Crippen molar-refractivity contribution in [2.75, 3.05) is 16.6 Å². The van der Waals surface area contributed by atoms with E-state index in [1.54, 1.807) is 12.1 Å². The smallest absolute Gasteiger partial charge is 0.235 e. The third kappa shape index (κ3) is 3.69. The van der Waals surface area contributed by atoms with Crippen LogP contribution in [0, 0.1) is 25.2 Å². The number of sulfonamides is 1. The average Bonchev–Trinajstić information content (AvgIpc) is 3.20. The van der Waals surface area contributed by atoms with Crippen LogP contribution in [0.2, 0.25) is 5.02 Å². The van der Waals surface area contributed by atoms with Crippen LogP contribution in [-0.2, 0) is 16.6 Å². The average molecular weight is 441 g/mol. The van der Waals surface area contributed by atoms with Gasteiger partial charge in [-0.2, -0.15) is 10.4 Å².